The first-order valence-electron chi connectivity index (χ1n) is 7.38. The smallest absolute Gasteiger partial charge is 0.393 e. The fourth-order valence-corrected chi connectivity index (χ4v) is 4.31. The highest BCUT2D eigenvalue weighted by molar-refractivity contribution is 7.89. The lowest BCUT2D eigenvalue weighted by molar-refractivity contribution is -0.187. The molecule has 1 N–H and O–H groups in total. The molecule has 26 heavy (non-hydrogen) atoms. The molecule has 0 unspecified atom stereocenters. The minimum atomic E-state index is -4.85. The first-order chi connectivity index (χ1) is 11.9. The van der Waals surface area contributed by atoms with E-state index < -0.39 is 58.0 Å². The van der Waals surface area contributed by atoms with E-state index in [1.54, 1.807) is 6.92 Å². The van der Waals surface area contributed by atoms with Crippen molar-refractivity contribution in [1.82, 2.24) is 4.31 Å². The molecule has 0 radical (unpaired) electrons. The predicted molar refractivity (Wildman–Crippen MR) is 81.9 cm³/mol. The number of aliphatic carboxylic acids is 1. The third kappa shape index (κ3) is 3.68. The maximum atomic E-state index is 13.1. The summed E-state index contributed by atoms with van der Waals surface area (Å²) in [7, 11) is -3.31. The van der Waals surface area contributed by atoms with Gasteiger partial charge in [0.25, 0.3) is 0 Å². The molecular weight excluding hydrogens is 379 g/mol. The van der Waals surface area contributed by atoms with E-state index >= 15 is 0 Å². The average molecular weight is 395 g/mol. The molecule has 0 aliphatic carbocycles. The van der Waals surface area contributed by atoms with Crippen LogP contribution in [0.2, 0.25) is 0 Å². The number of halogens is 3. The molecule has 0 bridgehead atoms. The third-order valence-corrected chi connectivity index (χ3v) is 6.10. The summed E-state index contributed by atoms with van der Waals surface area (Å²) in [4.78, 5) is 22.4. The van der Waals surface area contributed by atoms with Gasteiger partial charge >= 0.3 is 18.1 Å². The standard InChI is InChI=1S/C15H16F3NO6S/c1-8-3-4-9(5-10(8)14(22)25-2)26(23,24)19-6-11(13(20)21)12(7-19)15(16,17)18/h3-5,11-12H,6-7H2,1-2H3,(H,20,21)/t11-,12-/m1/s1. The van der Waals surface area contributed by atoms with Crippen molar-refractivity contribution in [3.05, 3.63) is 29.3 Å². The second-order valence-corrected chi connectivity index (χ2v) is 7.82. The summed E-state index contributed by atoms with van der Waals surface area (Å²) in [6, 6.07) is 3.48. The zero-order valence-electron chi connectivity index (χ0n) is 13.8. The van der Waals surface area contributed by atoms with Crippen LogP contribution in [-0.4, -0.2) is 56.1 Å². The number of methoxy groups -OCH3 is 1. The van der Waals surface area contributed by atoms with Crippen LogP contribution in [0.4, 0.5) is 13.2 Å². The summed E-state index contributed by atoms with van der Waals surface area (Å²) in [5.74, 6) is -6.71. The highest BCUT2D eigenvalue weighted by Crippen LogP contribution is 2.39. The Morgan fingerprint density at radius 1 is 1.27 bits per heavy atom. The van der Waals surface area contributed by atoms with E-state index in [0.717, 1.165) is 19.2 Å². The van der Waals surface area contributed by atoms with Gasteiger partial charge in [-0.05, 0) is 24.6 Å². The fourth-order valence-electron chi connectivity index (χ4n) is 2.79. The van der Waals surface area contributed by atoms with E-state index in [1.807, 2.05) is 0 Å². The maximum Gasteiger partial charge on any atom is 0.393 e. The Balaban J connectivity index is 2.42. The van der Waals surface area contributed by atoms with Crippen LogP contribution in [0.25, 0.3) is 0 Å². The van der Waals surface area contributed by atoms with Crippen molar-refractivity contribution in [2.24, 2.45) is 11.8 Å². The van der Waals surface area contributed by atoms with E-state index in [4.69, 9.17) is 5.11 Å². The summed E-state index contributed by atoms with van der Waals surface area (Å²) in [5.41, 5.74) is 0.378. The Morgan fingerprint density at radius 3 is 2.35 bits per heavy atom. The van der Waals surface area contributed by atoms with Crippen LogP contribution in [0.5, 0.6) is 0 Å². The fraction of sp³-hybridized carbons (Fsp3) is 0.467. The number of ether oxygens (including phenoxy) is 1. The number of benzene rings is 1. The van der Waals surface area contributed by atoms with Crippen molar-refractivity contribution in [3.63, 3.8) is 0 Å². The van der Waals surface area contributed by atoms with Gasteiger partial charge in [-0.3, -0.25) is 4.79 Å². The number of sulfonamides is 1. The van der Waals surface area contributed by atoms with Crippen LogP contribution < -0.4 is 0 Å². The number of nitrogens with zero attached hydrogens (tertiary/aromatic N) is 1. The quantitative estimate of drug-likeness (QED) is 0.779. The van der Waals surface area contributed by atoms with Crippen LogP contribution in [0, 0.1) is 18.8 Å². The molecular formula is C15H16F3NO6S. The molecule has 0 spiro atoms. The van der Waals surface area contributed by atoms with Gasteiger partial charge in [0.15, 0.2) is 0 Å². The van der Waals surface area contributed by atoms with Gasteiger partial charge in [-0.1, -0.05) is 6.07 Å². The van der Waals surface area contributed by atoms with Crippen LogP contribution >= 0.6 is 0 Å². The Labute approximate surface area is 147 Å². The highest BCUT2D eigenvalue weighted by atomic mass is 32.2. The van der Waals surface area contributed by atoms with Crippen LogP contribution in [0.1, 0.15) is 15.9 Å². The molecule has 7 nitrogen and oxygen atoms in total. The number of carboxylic acid groups (broad SMARTS) is 1. The lowest BCUT2D eigenvalue weighted by atomic mass is 9.96. The van der Waals surface area contributed by atoms with Crippen molar-refractivity contribution in [2.45, 2.75) is 18.0 Å². The lowest BCUT2D eigenvalue weighted by Crippen LogP contribution is -2.34. The average Bonchev–Trinajstić information content (AvgIpc) is 3.01. The van der Waals surface area contributed by atoms with Gasteiger partial charge in [0.1, 0.15) is 0 Å². The molecule has 1 aliphatic rings. The summed E-state index contributed by atoms with van der Waals surface area (Å²) < 4.78 is 69.5. The van der Waals surface area contributed by atoms with Crippen LogP contribution in [-0.2, 0) is 19.6 Å². The van der Waals surface area contributed by atoms with Crippen molar-refractivity contribution in [3.8, 4) is 0 Å². The Bertz CT molecular complexity index is 836. The molecule has 2 atom stereocenters. The molecule has 1 aromatic rings. The molecule has 1 aliphatic heterocycles. The zero-order chi connectivity index (χ0) is 19.9. The van der Waals surface area contributed by atoms with E-state index in [0.29, 0.717) is 9.87 Å². The topological polar surface area (TPSA) is 101 Å². The van der Waals surface area contributed by atoms with Crippen molar-refractivity contribution in [2.75, 3.05) is 20.2 Å². The van der Waals surface area contributed by atoms with E-state index in [1.165, 1.54) is 6.07 Å². The van der Waals surface area contributed by atoms with Crippen molar-refractivity contribution < 1.29 is 41.0 Å². The van der Waals surface area contributed by atoms with Gasteiger partial charge in [-0.2, -0.15) is 17.5 Å². The number of carboxylic acids is 1. The number of carbonyl (C=O) groups excluding carboxylic acids is 1. The number of carbonyl (C=O) groups is 2. The molecule has 1 heterocycles. The van der Waals surface area contributed by atoms with Gasteiger partial charge < -0.3 is 9.84 Å². The lowest BCUT2D eigenvalue weighted by Gasteiger charge is -2.18. The van der Waals surface area contributed by atoms with Gasteiger partial charge in [-0.25, -0.2) is 13.2 Å². The van der Waals surface area contributed by atoms with E-state index in [-0.39, 0.29) is 5.56 Å². The van der Waals surface area contributed by atoms with E-state index in [9.17, 15) is 31.2 Å². The molecule has 0 amide bonds. The van der Waals surface area contributed by atoms with Gasteiger partial charge in [0.05, 0.1) is 29.4 Å². The molecule has 1 saturated heterocycles. The molecule has 1 fully saturated rings. The summed E-state index contributed by atoms with van der Waals surface area (Å²) in [6.45, 7) is -0.258. The molecule has 1 aromatic carbocycles. The highest BCUT2D eigenvalue weighted by Gasteiger charge is 2.55. The maximum absolute atomic E-state index is 13.1. The first-order valence-corrected chi connectivity index (χ1v) is 8.82. The van der Waals surface area contributed by atoms with Gasteiger partial charge in [0, 0.05) is 13.1 Å². The minimum Gasteiger partial charge on any atom is -0.481 e. The second-order valence-electron chi connectivity index (χ2n) is 5.88. The van der Waals surface area contributed by atoms with Crippen molar-refractivity contribution >= 4 is 22.0 Å². The largest absolute Gasteiger partial charge is 0.481 e. The summed E-state index contributed by atoms with van der Waals surface area (Å²) in [6.07, 6.45) is -4.85. The summed E-state index contributed by atoms with van der Waals surface area (Å²) >= 11 is 0. The van der Waals surface area contributed by atoms with Crippen LogP contribution in [0.3, 0.4) is 0 Å². The molecule has 144 valence electrons. The molecule has 2 rings (SSSR count). The third-order valence-electron chi connectivity index (χ3n) is 4.28. The number of rotatable bonds is 4. The predicted octanol–water partition coefficient (Wildman–Crippen LogP) is 1.67. The Morgan fingerprint density at radius 2 is 1.88 bits per heavy atom. The van der Waals surface area contributed by atoms with Gasteiger partial charge in [-0.15, -0.1) is 0 Å². The van der Waals surface area contributed by atoms with Gasteiger partial charge in [0.2, 0.25) is 10.0 Å². The Hall–Kier alpha value is -2.14. The zero-order valence-corrected chi connectivity index (χ0v) is 14.6. The normalized spacial score (nSPS) is 21.6. The minimum absolute atomic E-state index is 0.0464. The second kappa shape index (κ2) is 6.88. The molecule has 0 saturated carbocycles. The molecule has 11 heteroatoms. The van der Waals surface area contributed by atoms with Crippen LogP contribution in [0.15, 0.2) is 23.1 Å². The SMILES string of the molecule is COC(=O)c1cc(S(=O)(=O)N2C[C@@H](C(F)(F)F)[C@H](C(=O)O)C2)ccc1C. The van der Waals surface area contributed by atoms with E-state index in [2.05, 4.69) is 4.74 Å². The van der Waals surface area contributed by atoms with Crippen molar-refractivity contribution in [1.29, 1.82) is 0 Å². The Kier molecular flexibility index (Phi) is 5.34. The summed E-state index contributed by atoms with van der Waals surface area (Å²) in [5, 5.41) is 9.00. The number of esters is 1. The molecule has 0 aromatic heterocycles. The monoisotopic (exact) mass is 395 g/mol. The number of aryl methyl sites for hydroxylation is 1. The number of hydrogen-bond acceptors (Lipinski definition) is 5. The number of hydrogen-bond donors (Lipinski definition) is 1. The first kappa shape index (κ1) is 20.2. The number of alkyl halides is 3.